The van der Waals surface area contributed by atoms with Gasteiger partial charge in [-0.2, -0.15) is 17.5 Å². The zero-order valence-electron chi connectivity index (χ0n) is 18.8. The molecule has 8 nitrogen and oxygen atoms in total. The number of piperidine rings is 1. The fourth-order valence-corrected chi connectivity index (χ4v) is 6.10. The van der Waals surface area contributed by atoms with Crippen LogP contribution in [0.3, 0.4) is 0 Å². The second kappa shape index (κ2) is 9.10. The molecule has 2 aromatic heterocycles. The zero-order valence-corrected chi connectivity index (χ0v) is 19.6. The third-order valence-electron chi connectivity index (χ3n) is 6.39. The summed E-state index contributed by atoms with van der Waals surface area (Å²) in [6.45, 7) is -0.176. The second-order valence-corrected chi connectivity index (χ2v) is 10.7. The number of carbonyl (C=O) groups excluding carboxylic acids is 1. The quantitative estimate of drug-likeness (QED) is 0.483. The molecule has 0 unspecified atom stereocenters. The molecule has 1 aromatic carbocycles. The van der Waals surface area contributed by atoms with Gasteiger partial charge in [0.15, 0.2) is 0 Å². The van der Waals surface area contributed by atoms with E-state index in [1.807, 2.05) is 0 Å². The molecule has 0 bridgehead atoms. The molecule has 2 fully saturated rings. The van der Waals surface area contributed by atoms with Crippen LogP contribution in [-0.4, -0.2) is 46.2 Å². The minimum absolute atomic E-state index is 0.0171. The molecule has 3 aromatic rings. The SMILES string of the molecule is O=C(NCc1cc(-c2cnc(C(F)(F)F)nc2)ncc1F)[C@@H]1[C@H]2C[C@H]2CN1S(=O)(=O)c1ccc(F)cc1. The van der Waals surface area contributed by atoms with Crippen molar-refractivity contribution in [2.24, 2.45) is 11.8 Å². The summed E-state index contributed by atoms with van der Waals surface area (Å²) in [6.07, 6.45) is -1.38. The number of sulfonamides is 1. The maximum absolute atomic E-state index is 14.4. The van der Waals surface area contributed by atoms with Crippen LogP contribution in [0.4, 0.5) is 22.0 Å². The molecular formula is C23H18F5N5O3S. The standard InChI is InChI=1S/C23H18F5N5O3S/c24-15-1-3-16(4-2-15)37(35,36)33-11-13-5-17(13)20(33)21(34)30-7-12-6-19(29-10-18(12)25)14-8-31-22(32-9-14)23(26,27)28/h1-4,6,8-10,13,17,20H,5,7,11H2,(H,30,34)/t13-,17-,20-/m0/s1. The molecular weight excluding hydrogens is 521 g/mol. The van der Waals surface area contributed by atoms with E-state index >= 15 is 0 Å². The molecule has 1 saturated carbocycles. The van der Waals surface area contributed by atoms with Crippen LogP contribution in [0.25, 0.3) is 11.3 Å². The third kappa shape index (κ3) is 4.90. The Kier molecular flexibility index (Phi) is 6.18. The molecule has 3 atom stereocenters. The van der Waals surface area contributed by atoms with E-state index in [1.165, 1.54) is 6.07 Å². The van der Waals surface area contributed by atoms with E-state index in [2.05, 4.69) is 20.3 Å². The zero-order chi connectivity index (χ0) is 26.5. The highest BCUT2D eigenvalue weighted by molar-refractivity contribution is 7.89. The van der Waals surface area contributed by atoms with E-state index in [0.29, 0.717) is 6.42 Å². The van der Waals surface area contributed by atoms with E-state index in [4.69, 9.17) is 0 Å². The maximum atomic E-state index is 14.4. The van der Waals surface area contributed by atoms with Crippen molar-refractivity contribution in [3.05, 3.63) is 71.9 Å². The van der Waals surface area contributed by atoms with Gasteiger partial charge in [0.05, 0.1) is 16.8 Å². The average molecular weight is 539 g/mol. The van der Waals surface area contributed by atoms with Crippen LogP contribution in [0.2, 0.25) is 0 Å². The first kappa shape index (κ1) is 25.1. The molecule has 1 saturated heterocycles. The van der Waals surface area contributed by atoms with E-state index in [9.17, 15) is 35.2 Å². The van der Waals surface area contributed by atoms with Gasteiger partial charge in [0, 0.05) is 36.6 Å². The number of pyridine rings is 1. The van der Waals surface area contributed by atoms with Crippen LogP contribution in [0.15, 0.2) is 53.8 Å². The monoisotopic (exact) mass is 539 g/mol. The predicted octanol–water partition coefficient (Wildman–Crippen LogP) is 3.16. The van der Waals surface area contributed by atoms with Gasteiger partial charge < -0.3 is 5.32 Å². The first-order chi connectivity index (χ1) is 17.4. The number of fused-ring (bicyclic) bond motifs is 1. The number of nitrogens with zero attached hydrogens (tertiary/aromatic N) is 4. The van der Waals surface area contributed by atoms with Gasteiger partial charge in [-0.3, -0.25) is 9.78 Å². The third-order valence-corrected chi connectivity index (χ3v) is 8.25. The summed E-state index contributed by atoms with van der Waals surface area (Å²) >= 11 is 0. The highest BCUT2D eigenvalue weighted by atomic mass is 32.2. The van der Waals surface area contributed by atoms with Crippen LogP contribution in [-0.2, 0) is 27.5 Å². The van der Waals surface area contributed by atoms with E-state index < -0.39 is 45.6 Å². The Hall–Kier alpha value is -3.52. The van der Waals surface area contributed by atoms with Gasteiger partial charge >= 0.3 is 6.18 Å². The van der Waals surface area contributed by atoms with E-state index in [1.54, 1.807) is 0 Å². The summed E-state index contributed by atoms with van der Waals surface area (Å²) in [5.74, 6) is -3.48. The Morgan fingerprint density at radius 1 is 1.05 bits per heavy atom. The Labute approximate surface area is 207 Å². The van der Waals surface area contributed by atoms with Gasteiger partial charge in [-0.1, -0.05) is 0 Å². The lowest BCUT2D eigenvalue weighted by molar-refractivity contribution is -0.145. The molecule has 2 aliphatic rings. The second-order valence-electron chi connectivity index (χ2n) is 8.80. The number of rotatable bonds is 6. The van der Waals surface area contributed by atoms with Crippen molar-refractivity contribution in [3.8, 4) is 11.3 Å². The number of nitrogens with one attached hydrogen (secondary N) is 1. The number of benzene rings is 1. The van der Waals surface area contributed by atoms with Gasteiger partial charge in [0.1, 0.15) is 17.7 Å². The highest BCUT2D eigenvalue weighted by Gasteiger charge is 2.58. The molecule has 0 radical (unpaired) electrons. The van der Waals surface area contributed by atoms with Gasteiger partial charge in [0.2, 0.25) is 21.8 Å². The minimum Gasteiger partial charge on any atom is -0.351 e. The summed E-state index contributed by atoms with van der Waals surface area (Å²) in [5.41, 5.74) is 0.174. The first-order valence-electron chi connectivity index (χ1n) is 11.0. The number of aromatic nitrogens is 3. The van der Waals surface area contributed by atoms with Gasteiger partial charge in [0.25, 0.3) is 0 Å². The average Bonchev–Trinajstić information content (AvgIpc) is 3.52. The number of carbonyl (C=O) groups is 1. The van der Waals surface area contributed by atoms with Crippen LogP contribution in [0, 0.1) is 23.5 Å². The van der Waals surface area contributed by atoms with Crippen molar-refractivity contribution in [2.75, 3.05) is 6.54 Å². The molecule has 14 heteroatoms. The van der Waals surface area contributed by atoms with Crippen LogP contribution >= 0.6 is 0 Å². The van der Waals surface area contributed by atoms with Gasteiger partial charge in [-0.15, -0.1) is 0 Å². The summed E-state index contributed by atoms with van der Waals surface area (Å²) < 4.78 is 93.1. The molecule has 1 aliphatic heterocycles. The molecule has 0 spiro atoms. The number of hydrogen-bond donors (Lipinski definition) is 1. The Bertz CT molecular complexity index is 1450. The summed E-state index contributed by atoms with van der Waals surface area (Å²) in [5, 5.41) is 2.56. The minimum atomic E-state index is -4.72. The molecule has 1 aliphatic carbocycles. The van der Waals surface area contributed by atoms with Crippen LogP contribution < -0.4 is 5.32 Å². The molecule has 194 valence electrons. The fourth-order valence-electron chi connectivity index (χ4n) is 4.41. The summed E-state index contributed by atoms with van der Waals surface area (Å²) in [7, 11) is -4.07. The number of amides is 1. The normalized spacial score (nSPS) is 21.5. The van der Waals surface area contributed by atoms with Gasteiger partial charge in [-0.25, -0.2) is 27.2 Å². The lowest BCUT2D eigenvalue weighted by Crippen LogP contribution is -2.48. The van der Waals surface area contributed by atoms with Crippen molar-refractivity contribution in [3.63, 3.8) is 0 Å². The molecule has 5 rings (SSSR count). The Balaban J connectivity index is 1.32. The summed E-state index contributed by atoms with van der Waals surface area (Å²) in [4.78, 5) is 23.3. The Morgan fingerprint density at radius 3 is 2.38 bits per heavy atom. The van der Waals surface area contributed by atoms with Crippen molar-refractivity contribution >= 4 is 15.9 Å². The van der Waals surface area contributed by atoms with Crippen LogP contribution in [0.1, 0.15) is 17.8 Å². The molecule has 37 heavy (non-hydrogen) atoms. The highest BCUT2D eigenvalue weighted by Crippen LogP contribution is 2.51. The lowest BCUT2D eigenvalue weighted by Gasteiger charge is -2.26. The maximum Gasteiger partial charge on any atom is 0.451 e. The van der Waals surface area contributed by atoms with E-state index in [0.717, 1.165) is 47.2 Å². The van der Waals surface area contributed by atoms with Crippen molar-refractivity contribution < 1.29 is 35.2 Å². The van der Waals surface area contributed by atoms with Crippen LogP contribution in [0.5, 0.6) is 0 Å². The largest absolute Gasteiger partial charge is 0.451 e. The number of halogens is 5. The van der Waals surface area contributed by atoms with Gasteiger partial charge in [-0.05, 0) is 48.6 Å². The van der Waals surface area contributed by atoms with E-state index in [-0.39, 0.29) is 46.6 Å². The Morgan fingerprint density at radius 2 is 1.73 bits per heavy atom. The smallest absolute Gasteiger partial charge is 0.351 e. The molecule has 1 N–H and O–H groups in total. The molecule has 3 heterocycles. The van der Waals surface area contributed by atoms with Crippen molar-refractivity contribution in [1.29, 1.82) is 0 Å². The van der Waals surface area contributed by atoms with Crippen molar-refractivity contribution in [2.45, 2.75) is 30.1 Å². The van der Waals surface area contributed by atoms with Crippen molar-refractivity contribution in [1.82, 2.24) is 24.6 Å². The predicted molar refractivity (Wildman–Crippen MR) is 118 cm³/mol. The fraction of sp³-hybridized carbons (Fsp3) is 0.304. The first-order valence-corrected chi connectivity index (χ1v) is 12.5. The topological polar surface area (TPSA) is 105 Å². The molecule has 1 amide bonds. The summed E-state index contributed by atoms with van der Waals surface area (Å²) in [6, 6.07) is 4.52. The number of alkyl halides is 3. The number of hydrogen-bond acceptors (Lipinski definition) is 6. The lowest BCUT2D eigenvalue weighted by atomic mass is 10.1.